The van der Waals surface area contributed by atoms with E-state index in [-0.39, 0.29) is 29.4 Å². The molecule has 2 rings (SSSR count). The van der Waals surface area contributed by atoms with Crippen LogP contribution in [0.25, 0.3) is 0 Å². The quantitative estimate of drug-likeness (QED) is 0.353. The zero-order valence-electron chi connectivity index (χ0n) is 15.8. The molecule has 0 saturated carbocycles. The van der Waals surface area contributed by atoms with Crippen molar-refractivity contribution in [3.63, 3.8) is 0 Å². The van der Waals surface area contributed by atoms with Gasteiger partial charge in [0, 0.05) is 25.2 Å². The van der Waals surface area contributed by atoms with Crippen LogP contribution < -0.4 is 20.1 Å². The van der Waals surface area contributed by atoms with Crippen LogP contribution in [0.2, 0.25) is 0 Å². The number of nitro groups is 1. The van der Waals surface area contributed by atoms with Crippen LogP contribution in [0.5, 0.6) is 17.2 Å². The van der Waals surface area contributed by atoms with E-state index in [1.165, 1.54) is 18.2 Å². The summed E-state index contributed by atoms with van der Waals surface area (Å²) < 4.78 is 10.9. The zero-order valence-corrected chi connectivity index (χ0v) is 16.6. The molecule has 1 amide bonds. The first kappa shape index (κ1) is 23.2. The monoisotopic (exact) mass is 409 g/mol. The fraction of sp³-hybridized carbons (Fsp3) is 0.316. The van der Waals surface area contributed by atoms with Gasteiger partial charge in [0.1, 0.15) is 17.2 Å². The predicted octanol–water partition coefficient (Wildman–Crippen LogP) is 3.55. The van der Waals surface area contributed by atoms with Crippen molar-refractivity contribution in [3.8, 4) is 17.2 Å². The number of rotatable bonds is 10. The lowest BCUT2D eigenvalue weighted by molar-refractivity contribution is -0.384. The highest BCUT2D eigenvalue weighted by Gasteiger charge is 2.18. The summed E-state index contributed by atoms with van der Waals surface area (Å²) in [4.78, 5) is 23.0. The van der Waals surface area contributed by atoms with Crippen molar-refractivity contribution in [3.05, 3.63) is 58.1 Å². The van der Waals surface area contributed by atoms with Gasteiger partial charge in [0.2, 0.25) is 0 Å². The molecule has 2 aromatic carbocycles. The van der Waals surface area contributed by atoms with E-state index in [2.05, 4.69) is 17.6 Å². The SMILES string of the molecule is CCCNCCNC(=O)c1cc([N+](=O)[O-])ccc1Oc1ccc(OC)cc1.Cl. The lowest BCUT2D eigenvalue weighted by Crippen LogP contribution is -2.32. The summed E-state index contributed by atoms with van der Waals surface area (Å²) in [6, 6.07) is 10.8. The van der Waals surface area contributed by atoms with Crippen molar-refractivity contribution in [1.82, 2.24) is 10.6 Å². The van der Waals surface area contributed by atoms with Gasteiger partial charge in [0.25, 0.3) is 11.6 Å². The van der Waals surface area contributed by atoms with E-state index in [4.69, 9.17) is 9.47 Å². The largest absolute Gasteiger partial charge is 0.497 e. The van der Waals surface area contributed by atoms with Gasteiger partial charge >= 0.3 is 0 Å². The van der Waals surface area contributed by atoms with E-state index in [9.17, 15) is 14.9 Å². The molecule has 0 aliphatic carbocycles. The van der Waals surface area contributed by atoms with Gasteiger partial charge in [0.15, 0.2) is 0 Å². The summed E-state index contributed by atoms with van der Waals surface area (Å²) in [5.74, 6) is 0.970. The number of carbonyl (C=O) groups is 1. The Morgan fingerprint density at radius 2 is 1.75 bits per heavy atom. The summed E-state index contributed by atoms with van der Waals surface area (Å²) in [5, 5.41) is 17.0. The van der Waals surface area contributed by atoms with Crippen molar-refractivity contribution in [2.75, 3.05) is 26.7 Å². The molecule has 0 heterocycles. The Balaban J connectivity index is 0.00000392. The first-order valence-electron chi connectivity index (χ1n) is 8.64. The molecule has 0 bridgehead atoms. The molecule has 2 N–H and O–H groups in total. The topological polar surface area (TPSA) is 103 Å². The lowest BCUT2D eigenvalue weighted by atomic mass is 10.1. The first-order valence-corrected chi connectivity index (χ1v) is 8.64. The Kier molecular flexibility index (Phi) is 9.76. The second-order valence-electron chi connectivity index (χ2n) is 5.72. The predicted molar refractivity (Wildman–Crippen MR) is 109 cm³/mol. The highest BCUT2D eigenvalue weighted by Crippen LogP contribution is 2.29. The molecular formula is C19H24ClN3O5. The molecule has 0 aliphatic rings. The summed E-state index contributed by atoms with van der Waals surface area (Å²) in [6.45, 7) is 3.93. The average Bonchev–Trinajstić information content (AvgIpc) is 2.68. The fourth-order valence-corrected chi connectivity index (χ4v) is 2.33. The van der Waals surface area contributed by atoms with E-state index < -0.39 is 10.8 Å². The zero-order chi connectivity index (χ0) is 19.6. The third-order valence-corrected chi connectivity index (χ3v) is 3.72. The van der Waals surface area contributed by atoms with E-state index in [0.717, 1.165) is 13.0 Å². The molecule has 9 heteroatoms. The standard InChI is InChI=1S/C19H23N3O5.ClH/c1-3-10-20-11-12-21-19(23)17-13-14(22(24)25)4-9-18(17)27-16-7-5-15(26-2)6-8-16;/h4-9,13,20H,3,10-12H2,1-2H3,(H,21,23);1H. The molecule has 0 aromatic heterocycles. The van der Waals surface area contributed by atoms with Gasteiger partial charge in [-0.1, -0.05) is 6.92 Å². The average molecular weight is 410 g/mol. The van der Waals surface area contributed by atoms with Crippen LogP contribution in [0.15, 0.2) is 42.5 Å². The van der Waals surface area contributed by atoms with Crippen molar-refractivity contribution in [1.29, 1.82) is 0 Å². The number of hydrogen-bond acceptors (Lipinski definition) is 6. The van der Waals surface area contributed by atoms with Crippen molar-refractivity contribution < 1.29 is 19.2 Å². The highest BCUT2D eigenvalue weighted by atomic mass is 35.5. The summed E-state index contributed by atoms with van der Waals surface area (Å²) in [5.41, 5.74) is -0.0677. The van der Waals surface area contributed by atoms with Gasteiger partial charge in [-0.15, -0.1) is 12.4 Å². The summed E-state index contributed by atoms with van der Waals surface area (Å²) in [7, 11) is 1.56. The van der Waals surface area contributed by atoms with Gasteiger partial charge in [0.05, 0.1) is 17.6 Å². The molecule has 0 aliphatic heterocycles. The van der Waals surface area contributed by atoms with Crippen LogP contribution >= 0.6 is 12.4 Å². The maximum Gasteiger partial charge on any atom is 0.270 e. The molecule has 0 saturated heterocycles. The maximum atomic E-state index is 12.5. The number of benzene rings is 2. The minimum Gasteiger partial charge on any atom is -0.497 e. The van der Waals surface area contributed by atoms with E-state index in [1.807, 2.05) is 0 Å². The van der Waals surface area contributed by atoms with Gasteiger partial charge < -0.3 is 20.1 Å². The smallest absolute Gasteiger partial charge is 0.270 e. The number of methoxy groups -OCH3 is 1. The van der Waals surface area contributed by atoms with Crippen LogP contribution in [0, 0.1) is 10.1 Å². The number of hydrogen-bond donors (Lipinski definition) is 2. The molecule has 8 nitrogen and oxygen atoms in total. The van der Waals surface area contributed by atoms with E-state index in [0.29, 0.717) is 24.6 Å². The van der Waals surface area contributed by atoms with Crippen LogP contribution in [-0.4, -0.2) is 37.6 Å². The van der Waals surface area contributed by atoms with Crippen molar-refractivity contribution >= 4 is 24.0 Å². The van der Waals surface area contributed by atoms with E-state index >= 15 is 0 Å². The lowest BCUT2D eigenvalue weighted by Gasteiger charge is -2.12. The Morgan fingerprint density at radius 1 is 1.07 bits per heavy atom. The third-order valence-electron chi connectivity index (χ3n) is 3.72. The number of carbonyl (C=O) groups excluding carboxylic acids is 1. The Hall–Kier alpha value is -2.84. The summed E-state index contributed by atoms with van der Waals surface area (Å²) >= 11 is 0. The van der Waals surface area contributed by atoms with Crippen molar-refractivity contribution in [2.45, 2.75) is 13.3 Å². The second kappa shape index (κ2) is 11.8. The Morgan fingerprint density at radius 3 is 2.36 bits per heavy atom. The van der Waals surface area contributed by atoms with Gasteiger partial charge in [-0.05, 0) is 43.3 Å². The van der Waals surface area contributed by atoms with Gasteiger partial charge in [-0.25, -0.2) is 0 Å². The molecule has 28 heavy (non-hydrogen) atoms. The molecule has 2 aromatic rings. The first-order chi connectivity index (χ1) is 13.0. The number of nitro benzene ring substituents is 1. The molecule has 0 spiro atoms. The van der Waals surface area contributed by atoms with Crippen LogP contribution in [0.1, 0.15) is 23.7 Å². The minimum absolute atomic E-state index is 0. The highest BCUT2D eigenvalue weighted by molar-refractivity contribution is 5.97. The number of amides is 1. The van der Waals surface area contributed by atoms with Gasteiger partial charge in [-0.3, -0.25) is 14.9 Å². The fourth-order valence-electron chi connectivity index (χ4n) is 2.33. The minimum atomic E-state index is -0.545. The normalized spacial score (nSPS) is 9.93. The van der Waals surface area contributed by atoms with E-state index in [1.54, 1.807) is 31.4 Å². The third kappa shape index (κ3) is 6.71. The number of nitrogens with zero attached hydrogens (tertiary/aromatic N) is 1. The molecular weight excluding hydrogens is 386 g/mol. The molecule has 0 fully saturated rings. The maximum absolute atomic E-state index is 12.5. The number of nitrogens with one attached hydrogen (secondary N) is 2. The summed E-state index contributed by atoms with van der Waals surface area (Å²) in [6.07, 6.45) is 0.999. The Bertz CT molecular complexity index is 784. The number of halogens is 1. The Labute approximate surface area is 169 Å². The van der Waals surface area contributed by atoms with Crippen LogP contribution in [0.4, 0.5) is 5.69 Å². The van der Waals surface area contributed by atoms with Crippen LogP contribution in [-0.2, 0) is 0 Å². The molecule has 0 radical (unpaired) electrons. The van der Waals surface area contributed by atoms with Crippen LogP contribution in [0.3, 0.4) is 0 Å². The second-order valence-corrected chi connectivity index (χ2v) is 5.72. The van der Waals surface area contributed by atoms with Crippen molar-refractivity contribution in [2.24, 2.45) is 0 Å². The molecule has 0 unspecified atom stereocenters. The number of ether oxygens (including phenoxy) is 2. The molecule has 0 atom stereocenters. The molecule has 152 valence electrons. The van der Waals surface area contributed by atoms with Gasteiger partial charge in [-0.2, -0.15) is 0 Å². The number of non-ortho nitro benzene ring substituents is 1.